The van der Waals surface area contributed by atoms with E-state index in [4.69, 9.17) is 55.2 Å². The van der Waals surface area contributed by atoms with E-state index in [1.165, 1.54) is 10.8 Å². The third-order valence-electron chi connectivity index (χ3n) is 6.19. The van der Waals surface area contributed by atoms with Crippen LogP contribution in [-0.2, 0) is 26.7 Å². The summed E-state index contributed by atoms with van der Waals surface area (Å²) in [4.78, 5) is 47.4. The fourth-order valence-corrected chi connectivity index (χ4v) is 3.72. The summed E-state index contributed by atoms with van der Waals surface area (Å²) in [6, 6.07) is 40.8. The second-order valence-electron chi connectivity index (χ2n) is 11.4. The number of phenolic OH excluding ortho intramolecular Hbond substituents is 1. The zero-order valence-corrected chi connectivity index (χ0v) is 33.2. The number of hydrogen-bond donors (Lipinski definition) is 5. The fourth-order valence-electron chi connectivity index (χ4n) is 3.72. The number of aromatic hydroxyl groups is 3. The van der Waals surface area contributed by atoms with Gasteiger partial charge in [-0.15, -0.1) is 0 Å². The highest BCUT2D eigenvalue weighted by molar-refractivity contribution is 5.91. The van der Waals surface area contributed by atoms with Gasteiger partial charge in [-0.05, 0) is 80.1 Å². The fraction of sp³-hybridized carbons (Fsp3) is 0.114. The molecule has 0 atom stereocenters. The minimum atomic E-state index is -4.61. The van der Waals surface area contributed by atoms with Crippen molar-refractivity contribution in [2.45, 2.75) is 33.1 Å². The van der Waals surface area contributed by atoms with Crippen LogP contribution in [0.5, 0.6) is 17.2 Å². The van der Waals surface area contributed by atoms with Gasteiger partial charge in [-0.1, -0.05) is 103 Å². The maximum Gasteiger partial charge on any atom is 0.416 e. The number of carboxylic acids is 5. The quantitative estimate of drug-likeness (QED) is 0.118. The normalized spacial score (nSPS) is 9.54. The van der Waals surface area contributed by atoms with E-state index in [2.05, 4.69) is 48.5 Å². The van der Waals surface area contributed by atoms with Crippen LogP contribution >= 0.6 is 0 Å². The Morgan fingerprint density at radius 3 is 0.968 bits per heavy atom. The van der Waals surface area contributed by atoms with Crippen LogP contribution in [0.15, 0.2) is 152 Å². The van der Waals surface area contributed by atoms with Gasteiger partial charge in [-0.25, -0.2) is 9.59 Å². The molecule has 338 valence electrons. The highest BCUT2D eigenvalue weighted by atomic mass is 19.4. The molecule has 13 nitrogen and oxygen atoms in total. The van der Waals surface area contributed by atoms with Gasteiger partial charge in [0.25, 0.3) is 0 Å². The average Bonchev–Trinajstić information content (AvgIpc) is 3.18. The van der Waals surface area contributed by atoms with Crippen LogP contribution in [0.25, 0.3) is 10.8 Å². The van der Waals surface area contributed by atoms with Crippen molar-refractivity contribution in [2.24, 2.45) is 0 Å². The Morgan fingerprint density at radius 2 is 0.698 bits per heavy atom. The van der Waals surface area contributed by atoms with Crippen LogP contribution < -0.4 is 15.3 Å². The average molecular weight is 890 g/mol. The van der Waals surface area contributed by atoms with Crippen LogP contribution in [0.4, 0.5) is 26.3 Å². The summed E-state index contributed by atoms with van der Waals surface area (Å²) in [7, 11) is 0. The Labute approximate surface area is 355 Å². The Hall–Kier alpha value is -8.09. The van der Waals surface area contributed by atoms with Crippen molar-refractivity contribution in [1.29, 1.82) is 0 Å². The van der Waals surface area contributed by atoms with Gasteiger partial charge in [-0.2, -0.15) is 26.3 Å². The van der Waals surface area contributed by atoms with E-state index in [0.717, 1.165) is 20.8 Å². The summed E-state index contributed by atoms with van der Waals surface area (Å²) in [5, 5.41) is 72.6. The molecule has 5 N–H and O–H groups in total. The first-order chi connectivity index (χ1) is 29.2. The molecule has 0 saturated heterocycles. The summed E-state index contributed by atoms with van der Waals surface area (Å²) >= 11 is 0. The molecule has 0 heterocycles. The number of carbonyl (C=O) groups excluding carboxylic acids is 3. The molecule has 0 bridgehead atoms. The lowest BCUT2D eigenvalue weighted by molar-refractivity contribution is -0.303. The monoisotopic (exact) mass is 889 g/mol. The summed E-state index contributed by atoms with van der Waals surface area (Å²) in [5.41, 5.74) is -3.51. The molecule has 19 heteroatoms. The van der Waals surface area contributed by atoms with Gasteiger partial charge >= 0.3 is 24.3 Å². The molecule has 0 aliphatic rings. The Kier molecular flexibility index (Phi) is 27.2. The smallest absolute Gasteiger partial charge is 0.416 e. The molecule has 0 aromatic heterocycles. The third kappa shape index (κ3) is 29.7. The third-order valence-corrected chi connectivity index (χ3v) is 6.19. The van der Waals surface area contributed by atoms with E-state index in [0.29, 0.717) is 42.1 Å². The number of fused-ring (bicyclic) bond motifs is 1. The number of carboxylic acid groups (broad SMARTS) is 5. The lowest BCUT2D eigenvalue weighted by Gasteiger charge is -2.07. The lowest BCUT2D eigenvalue weighted by Crippen LogP contribution is -2.16. The van der Waals surface area contributed by atoms with E-state index in [9.17, 15) is 35.9 Å². The van der Waals surface area contributed by atoms with Crippen molar-refractivity contribution in [2.75, 3.05) is 0 Å². The largest absolute Gasteiger partial charge is 0.550 e. The molecule has 0 amide bonds. The molecule has 0 aliphatic heterocycles. The van der Waals surface area contributed by atoms with E-state index in [1.807, 2.05) is 42.5 Å². The van der Waals surface area contributed by atoms with E-state index in [1.54, 1.807) is 24.3 Å². The van der Waals surface area contributed by atoms with Crippen molar-refractivity contribution in [1.82, 2.24) is 0 Å². The maximum atomic E-state index is 12.1. The van der Waals surface area contributed by atoms with Crippen LogP contribution in [-0.4, -0.2) is 55.4 Å². The van der Waals surface area contributed by atoms with Crippen LogP contribution in [0, 0.1) is 0 Å². The van der Waals surface area contributed by atoms with E-state index in [-0.39, 0.29) is 0 Å². The number of para-hydroxylation sites is 1. The van der Waals surface area contributed by atoms with Gasteiger partial charge in [0, 0.05) is 17.9 Å². The number of aliphatic carboxylic acids is 3. The van der Waals surface area contributed by atoms with E-state index >= 15 is 0 Å². The molecule has 0 saturated carbocycles. The SMILES string of the molecule is CC(=O)[O-].CC(=O)[O-].CC(=O)[O-].O=C(O)c1cc(C(F)(F)F)ccc1O.O=C(O)c1ccc(C(F)(F)F)cc1O.Oc1ccccc1.c1ccc2ccccc2c1.c1ccccc1. The first-order valence-electron chi connectivity index (χ1n) is 17.2. The molecular formula is C44H39F6O13-3. The maximum absolute atomic E-state index is 12.1. The first-order valence-corrected chi connectivity index (χ1v) is 17.2. The summed E-state index contributed by atoms with van der Waals surface area (Å²) in [6.45, 7) is 2.92. The number of benzene rings is 6. The van der Waals surface area contributed by atoms with Gasteiger partial charge in [0.05, 0.1) is 11.1 Å². The molecule has 0 aliphatic carbocycles. The van der Waals surface area contributed by atoms with Gasteiger partial charge < -0.3 is 55.2 Å². The lowest BCUT2D eigenvalue weighted by atomic mass is 10.1. The van der Waals surface area contributed by atoms with Gasteiger partial charge in [0.1, 0.15) is 28.4 Å². The molecule has 0 fully saturated rings. The molecule has 63 heavy (non-hydrogen) atoms. The predicted octanol–water partition coefficient (Wildman–Crippen LogP) is 6.41. The molecule has 6 aromatic carbocycles. The molecule has 0 spiro atoms. The number of phenols is 3. The number of rotatable bonds is 2. The number of halogens is 6. The second kappa shape index (κ2) is 30.0. The molecule has 0 unspecified atom stereocenters. The van der Waals surface area contributed by atoms with Crippen LogP contribution in [0.2, 0.25) is 0 Å². The number of hydrogen-bond acceptors (Lipinski definition) is 11. The minimum Gasteiger partial charge on any atom is -0.550 e. The molecule has 0 radical (unpaired) electrons. The van der Waals surface area contributed by atoms with Crippen LogP contribution in [0.1, 0.15) is 52.6 Å². The van der Waals surface area contributed by atoms with Gasteiger partial charge in [0.15, 0.2) is 0 Å². The van der Waals surface area contributed by atoms with Crippen molar-refractivity contribution in [3.05, 3.63) is 174 Å². The zero-order valence-electron chi connectivity index (χ0n) is 33.2. The standard InChI is InChI=1S/C10H8.2C8H5F3O3.C6H6O.C6H6.3C2H4O2/c1-2-6-10-8-4-3-7-9(10)5-1;9-8(10,11)4-1-2-6(12)5(3-4)7(13)14;9-8(10,11)4-1-2-5(7(13)14)6(12)3-4;7-6-4-2-1-3-5-6;1-2-4-6-5-3-1;3*1-2(3)4/h1-8H;2*1-3,12H,(H,13,14);1-5,7H;1-6H;3*1H3,(H,3,4)/p-3. The predicted molar refractivity (Wildman–Crippen MR) is 211 cm³/mol. The Balaban J connectivity index is 0. The topological polar surface area (TPSA) is 256 Å². The Morgan fingerprint density at radius 1 is 0.413 bits per heavy atom. The minimum absolute atomic E-state index is 0.322. The summed E-state index contributed by atoms with van der Waals surface area (Å²) < 4.78 is 72.4. The number of carbonyl (C=O) groups is 5. The summed E-state index contributed by atoms with van der Waals surface area (Å²) in [5.74, 6) is -7.59. The number of alkyl halides is 6. The first kappa shape index (κ1) is 57.0. The molecule has 6 rings (SSSR count). The summed E-state index contributed by atoms with van der Waals surface area (Å²) in [6.07, 6.45) is -9.20. The van der Waals surface area contributed by atoms with Crippen molar-refractivity contribution >= 4 is 40.6 Å². The van der Waals surface area contributed by atoms with Crippen molar-refractivity contribution in [3.63, 3.8) is 0 Å². The number of aromatic carboxylic acids is 2. The van der Waals surface area contributed by atoms with Crippen molar-refractivity contribution in [3.8, 4) is 17.2 Å². The highest BCUT2D eigenvalue weighted by Gasteiger charge is 2.32. The van der Waals surface area contributed by atoms with Gasteiger partial charge in [0.2, 0.25) is 0 Å². The molecular weight excluding hydrogens is 850 g/mol. The molecule has 6 aromatic rings. The van der Waals surface area contributed by atoms with Crippen LogP contribution in [0.3, 0.4) is 0 Å². The van der Waals surface area contributed by atoms with E-state index < -0.39 is 76.0 Å². The zero-order chi connectivity index (χ0) is 48.8. The highest BCUT2D eigenvalue weighted by Crippen LogP contribution is 2.33. The Bertz CT molecular complexity index is 2150. The van der Waals surface area contributed by atoms with Crippen molar-refractivity contribution < 1.29 is 91.2 Å². The van der Waals surface area contributed by atoms with Gasteiger partial charge in [-0.3, -0.25) is 0 Å². The second-order valence-corrected chi connectivity index (χ2v) is 11.4.